The zero-order valence-electron chi connectivity index (χ0n) is 11.2. The fourth-order valence-corrected chi connectivity index (χ4v) is 6.04. The first kappa shape index (κ1) is 13.9. The molecule has 0 spiro atoms. The van der Waals surface area contributed by atoms with Crippen LogP contribution in [0.1, 0.15) is 48.0 Å². The number of rotatable bonds is 2. The molecule has 1 aliphatic rings. The van der Waals surface area contributed by atoms with Crippen molar-refractivity contribution in [3.05, 3.63) is 12.0 Å². The maximum atomic E-state index is 6.87. The number of allylic oxidation sites excluding steroid dienone is 1. The molecule has 0 saturated heterocycles. The monoisotopic (exact) mass is 262 g/mol. The highest BCUT2D eigenvalue weighted by molar-refractivity contribution is 7.19. The van der Waals surface area contributed by atoms with E-state index in [2.05, 4.69) is 34.6 Å². The van der Waals surface area contributed by atoms with E-state index < -0.39 is 7.63 Å². The summed E-state index contributed by atoms with van der Waals surface area (Å²) >= 11 is 6.87. The molecular weight excluding hydrogens is 240 g/mol. The van der Waals surface area contributed by atoms with Crippen LogP contribution in [0.25, 0.3) is 0 Å². The fourth-order valence-electron chi connectivity index (χ4n) is 2.19. The minimum Gasteiger partial charge on any atom is -0.503 e. The minimum absolute atomic E-state index is 0.0192. The van der Waals surface area contributed by atoms with E-state index in [1.54, 1.807) is 0 Å². The molecule has 1 atom stereocenters. The van der Waals surface area contributed by atoms with Crippen LogP contribution in [0.15, 0.2) is 12.0 Å². The van der Waals surface area contributed by atoms with Crippen molar-refractivity contribution in [1.29, 1.82) is 0 Å². The Labute approximate surface area is 105 Å². The van der Waals surface area contributed by atoms with Crippen molar-refractivity contribution >= 4 is 18.7 Å². The Morgan fingerprint density at radius 3 is 2.50 bits per heavy atom. The Morgan fingerprint density at radius 1 is 1.50 bits per heavy atom. The molecule has 1 rings (SSSR count). The third-order valence-corrected chi connectivity index (χ3v) is 11.0. The predicted molar refractivity (Wildman–Crippen MR) is 70.8 cm³/mol. The highest BCUT2D eigenvalue weighted by Crippen LogP contribution is 2.58. The van der Waals surface area contributed by atoms with E-state index in [-0.39, 0.29) is 10.1 Å². The number of ether oxygens (including phenoxy) is 1. The molecular formula is C12H23ClO2Si. The highest BCUT2D eigenvalue weighted by atomic mass is 35.6. The number of hydrogen-bond donors (Lipinski definition) is 0. The van der Waals surface area contributed by atoms with Gasteiger partial charge in [0.1, 0.15) is 0 Å². The lowest BCUT2D eigenvalue weighted by molar-refractivity contribution is 0.0957. The predicted octanol–water partition coefficient (Wildman–Crippen LogP) is 4.55. The molecule has 0 bridgehead atoms. The average molecular weight is 263 g/mol. The lowest BCUT2D eigenvalue weighted by Crippen LogP contribution is -2.52. The van der Waals surface area contributed by atoms with Crippen LogP contribution in [0, 0.1) is 0 Å². The van der Waals surface area contributed by atoms with Gasteiger partial charge in [-0.1, -0.05) is 34.6 Å². The first-order valence-electron chi connectivity index (χ1n) is 5.85. The summed E-state index contributed by atoms with van der Waals surface area (Å²) in [5, 5.41) is 0.00206. The summed E-state index contributed by atoms with van der Waals surface area (Å²) in [6, 6.07) is 0. The maximum absolute atomic E-state index is 6.87. The van der Waals surface area contributed by atoms with Gasteiger partial charge in [0.25, 0.3) is 5.95 Å². The van der Waals surface area contributed by atoms with Gasteiger partial charge in [-0.05, 0) is 19.4 Å². The first-order valence-corrected chi connectivity index (χ1v) is 8.77. The molecule has 4 heteroatoms. The number of hydrogen-bond acceptors (Lipinski definition) is 2. The van der Waals surface area contributed by atoms with Crippen LogP contribution < -0.4 is 0 Å². The van der Waals surface area contributed by atoms with Crippen molar-refractivity contribution in [2.75, 3.05) is 6.61 Å². The van der Waals surface area contributed by atoms with Gasteiger partial charge >= 0.3 is 7.63 Å². The van der Waals surface area contributed by atoms with Gasteiger partial charge in [0.15, 0.2) is 0 Å². The molecule has 16 heavy (non-hydrogen) atoms. The van der Waals surface area contributed by atoms with Crippen LogP contribution in [0.4, 0.5) is 0 Å². The summed E-state index contributed by atoms with van der Waals surface area (Å²) in [5.41, 5.74) is 0. The van der Waals surface area contributed by atoms with Crippen molar-refractivity contribution in [3.63, 3.8) is 0 Å². The van der Waals surface area contributed by atoms with Gasteiger partial charge in [-0.2, -0.15) is 0 Å². The van der Waals surface area contributed by atoms with Crippen molar-refractivity contribution in [3.8, 4) is 0 Å². The molecule has 94 valence electrons. The van der Waals surface area contributed by atoms with E-state index in [1.807, 2.05) is 13.0 Å². The second-order valence-electron chi connectivity index (χ2n) is 5.99. The first-order chi connectivity index (χ1) is 7.14. The Bertz CT molecular complexity index is 294. The molecule has 2 nitrogen and oxygen atoms in total. The third kappa shape index (κ3) is 2.25. The van der Waals surface area contributed by atoms with Crippen LogP contribution in [0.5, 0.6) is 0 Å². The molecule has 1 unspecified atom stereocenters. The van der Waals surface area contributed by atoms with Crippen LogP contribution in [-0.2, 0) is 9.16 Å². The molecule has 0 aromatic carbocycles. The largest absolute Gasteiger partial charge is 0.503 e. The van der Waals surface area contributed by atoms with E-state index in [4.69, 9.17) is 20.2 Å². The molecule has 1 heterocycles. The average Bonchev–Trinajstić information content (AvgIpc) is 2.10. The summed E-state index contributed by atoms with van der Waals surface area (Å²) < 4.78 is 11.5. The highest BCUT2D eigenvalue weighted by Gasteiger charge is 2.60. The van der Waals surface area contributed by atoms with E-state index in [9.17, 15) is 0 Å². The van der Waals surface area contributed by atoms with Gasteiger partial charge in [0.05, 0.1) is 6.61 Å². The summed E-state index contributed by atoms with van der Waals surface area (Å²) in [6.07, 6.45) is 2.94. The van der Waals surface area contributed by atoms with Crippen molar-refractivity contribution in [1.82, 2.24) is 0 Å². The maximum Gasteiger partial charge on any atom is 0.362 e. The molecule has 1 aliphatic heterocycles. The van der Waals surface area contributed by atoms with Crippen LogP contribution in [-0.4, -0.2) is 14.2 Å². The normalized spacial score (nSPS) is 29.3. The standard InChI is InChI=1S/C12H23ClO2Si/c1-7-14-10-8-9-12(5,6)16(13,15-10)11(2,3)4/h8H,7,9H2,1-6H3. The van der Waals surface area contributed by atoms with Crippen molar-refractivity contribution in [2.24, 2.45) is 0 Å². The van der Waals surface area contributed by atoms with E-state index in [1.165, 1.54) is 0 Å². The van der Waals surface area contributed by atoms with Crippen LogP contribution in [0.2, 0.25) is 10.1 Å². The second-order valence-corrected chi connectivity index (χ2v) is 11.8. The molecule has 0 aromatic heterocycles. The Balaban J connectivity index is 3.04. The van der Waals surface area contributed by atoms with Crippen LogP contribution >= 0.6 is 11.1 Å². The van der Waals surface area contributed by atoms with Crippen molar-refractivity contribution in [2.45, 2.75) is 58.0 Å². The van der Waals surface area contributed by atoms with Crippen LogP contribution in [0.3, 0.4) is 0 Å². The molecule has 0 aromatic rings. The molecule has 0 radical (unpaired) electrons. The lowest BCUT2D eigenvalue weighted by atomic mass is 10.1. The minimum atomic E-state index is -2.39. The van der Waals surface area contributed by atoms with E-state index in [0.717, 1.165) is 6.42 Å². The SMILES string of the molecule is CCOC1=CCC(C)(C)[Si](Cl)(C(C)(C)C)O1. The van der Waals surface area contributed by atoms with Gasteiger partial charge in [0.2, 0.25) is 0 Å². The molecule has 0 saturated carbocycles. The number of halogens is 1. The molecule has 0 amide bonds. The Kier molecular flexibility index (Phi) is 3.70. The topological polar surface area (TPSA) is 18.5 Å². The third-order valence-electron chi connectivity index (χ3n) is 3.14. The molecule has 0 fully saturated rings. The summed E-state index contributed by atoms with van der Waals surface area (Å²) in [7, 11) is -2.39. The zero-order valence-corrected chi connectivity index (χ0v) is 12.9. The van der Waals surface area contributed by atoms with Gasteiger partial charge in [-0.3, -0.25) is 0 Å². The molecule has 0 aliphatic carbocycles. The van der Waals surface area contributed by atoms with Gasteiger partial charge < -0.3 is 9.16 Å². The van der Waals surface area contributed by atoms with E-state index in [0.29, 0.717) is 12.6 Å². The fraction of sp³-hybridized carbons (Fsp3) is 0.833. The quantitative estimate of drug-likeness (QED) is 0.537. The zero-order chi connectivity index (χ0) is 12.6. The molecule has 0 N–H and O–H groups in total. The smallest absolute Gasteiger partial charge is 0.362 e. The summed E-state index contributed by atoms with van der Waals surface area (Å²) in [4.78, 5) is 0. The summed E-state index contributed by atoms with van der Waals surface area (Å²) in [6.45, 7) is 13.4. The second kappa shape index (κ2) is 4.26. The van der Waals surface area contributed by atoms with Crippen molar-refractivity contribution < 1.29 is 9.16 Å². The Morgan fingerprint density at radius 2 is 2.06 bits per heavy atom. The lowest BCUT2D eigenvalue weighted by Gasteiger charge is -2.48. The summed E-state index contributed by atoms with van der Waals surface area (Å²) in [5.74, 6) is 0.624. The Hall–Kier alpha value is -0.153. The van der Waals surface area contributed by atoms with E-state index >= 15 is 0 Å². The van der Waals surface area contributed by atoms with Gasteiger partial charge in [-0.15, -0.1) is 11.1 Å². The van der Waals surface area contributed by atoms with Gasteiger partial charge in [0, 0.05) is 10.1 Å². The van der Waals surface area contributed by atoms with Gasteiger partial charge in [-0.25, -0.2) is 0 Å².